The second-order valence-corrected chi connectivity index (χ2v) is 20.2. The molecule has 0 heterocycles. The molecule has 0 unspecified atom stereocenters. The van der Waals surface area contributed by atoms with Gasteiger partial charge in [0.1, 0.15) is 11.9 Å². The zero-order chi connectivity index (χ0) is 38.9. The van der Waals surface area contributed by atoms with Gasteiger partial charge in [0.05, 0.1) is 17.9 Å². The Hall–Kier alpha value is -2.71. The number of aromatic hydroxyl groups is 1. The third-order valence-electron chi connectivity index (χ3n) is 16.4. The number of benzene rings is 1. The van der Waals surface area contributed by atoms with Crippen molar-refractivity contribution in [3.8, 4) is 5.75 Å². The van der Waals surface area contributed by atoms with Crippen LogP contribution in [0.5, 0.6) is 5.75 Å². The van der Waals surface area contributed by atoms with Crippen LogP contribution < -0.4 is 5.32 Å². The number of phenols is 1. The fourth-order valence-corrected chi connectivity index (χ4v) is 13.2. The molecule has 294 valence electrons. The zero-order valence-corrected chi connectivity index (χ0v) is 33.9. The Morgan fingerprint density at radius 3 is 2.25 bits per heavy atom. The van der Waals surface area contributed by atoms with Gasteiger partial charge >= 0.3 is 11.9 Å². The first-order chi connectivity index (χ1) is 24.6. The number of carbonyl (C=O) groups is 3. The number of Topliss-reactive ketones (excluding diaryl/α,β-unsaturated/α-hetero) is 1. The van der Waals surface area contributed by atoms with E-state index in [1.54, 1.807) is 26.0 Å². The Bertz CT molecular complexity index is 1630. The summed E-state index contributed by atoms with van der Waals surface area (Å²) in [6, 6.07) is 7.26. The summed E-state index contributed by atoms with van der Waals surface area (Å²) in [5.41, 5.74) is 1.54. The maximum atomic E-state index is 14.0. The summed E-state index contributed by atoms with van der Waals surface area (Å²) < 4.78 is 6.16. The van der Waals surface area contributed by atoms with Crippen molar-refractivity contribution >= 4 is 17.7 Å². The van der Waals surface area contributed by atoms with Crippen molar-refractivity contribution in [3.05, 3.63) is 41.0 Å². The summed E-state index contributed by atoms with van der Waals surface area (Å²) in [6.07, 6.45) is 7.93. The minimum atomic E-state index is -1.17. The van der Waals surface area contributed by atoms with Gasteiger partial charge in [0.15, 0.2) is 5.78 Å². The number of nitrogens with one attached hydrogen (secondary N) is 1. The van der Waals surface area contributed by atoms with E-state index in [4.69, 9.17) is 4.74 Å². The number of hydrogen-bond donors (Lipinski definition) is 4. The number of phenolic OH excluding ortho intramolecular Hbond substituents is 1. The van der Waals surface area contributed by atoms with Gasteiger partial charge in [-0.25, -0.2) is 0 Å². The average molecular weight is 734 g/mol. The molecule has 9 atom stereocenters. The average Bonchev–Trinajstić information content (AvgIpc) is 3.38. The number of aliphatic hydroxyl groups is 1. The SMILES string of the molecule is CC(C)C1=C2[C@H]3CC[C@@H]4[C@@]5(C)CC[C@H](OC(=O)CC(C)(C)C(=O)O)C(C)(C)[C@@H]5CC[C@@]4(C)[C@]3(C)CC[C@@]2([C@@H](O)CNCCc2ccc(O)cc2)CC1=O. The van der Waals surface area contributed by atoms with Crippen molar-refractivity contribution in [3.63, 3.8) is 0 Å². The number of carbonyl (C=O) groups excluding carboxylic acids is 2. The normalized spacial score (nSPS) is 37.0. The second kappa shape index (κ2) is 13.8. The Balaban J connectivity index is 1.23. The van der Waals surface area contributed by atoms with Crippen molar-refractivity contribution in [1.29, 1.82) is 0 Å². The van der Waals surface area contributed by atoms with E-state index in [-0.39, 0.29) is 57.6 Å². The number of rotatable bonds is 11. The topological polar surface area (TPSA) is 133 Å². The highest BCUT2D eigenvalue weighted by Gasteiger charge is 2.70. The molecule has 0 saturated heterocycles. The largest absolute Gasteiger partial charge is 0.508 e. The smallest absolute Gasteiger partial charge is 0.309 e. The molecular weight excluding hydrogens is 666 g/mol. The molecule has 0 radical (unpaired) electrons. The summed E-state index contributed by atoms with van der Waals surface area (Å²) in [6.45, 7) is 20.7. The van der Waals surface area contributed by atoms with Crippen LogP contribution >= 0.6 is 0 Å². The van der Waals surface area contributed by atoms with Crippen molar-refractivity contribution in [1.82, 2.24) is 5.32 Å². The standard InChI is InChI=1S/C45H67NO7/c1-27(2)37-31(48)24-45(34(49)26-46-23-18-28-10-12-29(47)13-11-28)22-21-43(8)30(38(37)45)14-15-33-42(7)19-17-35(53-36(50)25-40(3,4)39(51)52)41(5,6)32(42)16-20-44(33,43)9/h10-13,27,30,32-35,46-47,49H,14-26H2,1-9H3,(H,51,52)/t30-,32+,33-,34+,35+,42+,43-,44-,45+/m1/s1. The van der Waals surface area contributed by atoms with Crippen LogP contribution in [0, 0.1) is 56.2 Å². The van der Waals surface area contributed by atoms with Crippen molar-refractivity contribution < 1.29 is 34.4 Å². The van der Waals surface area contributed by atoms with Crippen LogP contribution in [0.15, 0.2) is 35.4 Å². The maximum Gasteiger partial charge on any atom is 0.309 e. The summed E-state index contributed by atoms with van der Waals surface area (Å²) in [5, 5.41) is 34.9. The number of fused-ring (bicyclic) bond motifs is 7. The second-order valence-electron chi connectivity index (χ2n) is 20.2. The van der Waals surface area contributed by atoms with Crippen molar-refractivity contribution in [2.75, 3.05) is 13.1 Å². The van der Waals surface area contributed by atoms with E-state index < -0.39 is 28.9 Å². The van der Waals surface area contributed by atoms with Crippen LogP contribution in [-0.4, -0.2) is 58.3 Å². The minimum absolute atomic E-state index is 0.0185. The fraction of sp³-hybridized carbons (Fsp3) is 0.756. The van der Waals surface area contributed by atoms with Crippen LogP contribution in [-0.2, 0) is 25.5 Å². The Morgan fingerprint density at radius 1 is 0.925 bits per heavy atom. The van der Waals surface area contributed by atoms with E-state index in [1.165, 1.54) is 5.57 Å². The molecule has 6 rings (SSSR count). The molecule has 5 aliphatic carbocycles. The molecule has 0 spiro atoms. The molecule has 5 aliphatic rings. The molecule has 0 amide bonds. The molecule has 1 aromatic rings. The van der Waals surface area contributed by atoms with Crippen LogP contribution in [0.3, 0.4) is 0 Å². The summed E-state index contributed by atoms with van der Waals surface area (Å²) in [5.74, 6) is 0.267. The van der Waals surface area contributed by atoms with Gasteiger partial charge < -0.3 is 25.4 Å². The third-order valence-corrected chi connectivity index (χ3v) is 16.4. The first-order valence-corrected chi connectivity index (χ1v) is 20.5. The van der Waals surface area contributed by atoms with Gasteiger partial charge in [0, 0.05) is 23.8 Å². The molecule has 4 saturated carbocycles. The molecule has 0 aliphatic heterocycles. The fourth-order valence-electron chi connectivity index (χ4n) is 13.2. The van der Waals surface area contributed by atoms with E-state index in [2.05, 4.69) is 53.8 Å². The monoisotopic (exact) mass is 733 g/mol. The van der Waals surface area contributed by atoms with Gasteiger partial charge in [0.2, 0.25) is 0 Å². The molecule has 0 aromatic heterocycles. The number of ketones is 1. The predicted octanol–water partition coefficient (Wildman–Crippen LogP) is 8.28. The maximum absolute atomic E-state index is 14.0. The highest BCUT2D eigenvalue weighted by molar-refractivity contribution is 6.00. The molecule has 8 heteroatoms. The number of ether oxygens (including phenoxy) is 1. The lowest BCUT2D eigenvalue weighted by atomic mass is 9.33. The van der Waals surface area contributed by atoms with Gasteiger partial charge in [-0.15, -0.1) is 0 Å². The molecule has 0 bridgehead atoms. The molecule has 8 nitrogen and oxygen atoms in total. The Morgan fingerprint density at radius 2 is 1.60 bits per heavy atom. The van der Waals surface area contributed by atoms with E-state index >= 15 is 0 Å². The van der Waals surface area contributed by atoms with Crippen molar-refractivity contribution in [2.45, 2.75) is 145 Å². The number of carboxylic acid groups (broad SMARTS) is 1. The van der Waals surface area contributed by atoms with E-state index in [0.717, 1.165) is 68.9 Å². The quantitative estimate of drug-likeness (QED) is 0.132. The van der Waals surface area contributed by atoms with Gasteiger partial charge in [-0.05, 0) is 141 Å². The number of hydrogen-bond acceptors (Lipinski definition) is 7. The first kappa shape index (κ1) is 40.0. The summed E-state index contributed by atoms with van der Waals surface area (Å²) >= 11 is 0. The minimum Gasteiger partial charge on any atom is -0.508 e. The van der Waals surface area contributed by atoms with E-state index in [0.29, 0.717) is 31.3 Å². The predicted molar refractivity (Wildman–Crippen MR) is 206 cm³/mol. The van der Waals surface area contributed by atoms with E-state index in [9.17, 15) is 29.7 Å². The van der Waals surface area contributed by atoms with Crippen molar-refractivity contribution in [2.24, 2.45) is 56.2 Å². The number of aliphatic carboxylic acids is 1. The molecule has 53 heavy (non-hydrogen) atoms. The van der Waals surface area contributed by atoms with Crippen LogP contribution in [0.4, 0.5) is 0 Å². The number of aliphatic hydroxyl groups excluding tert-OH is 1. The lowest BCUT2D eigenvalue weighted by Gasteiger charge is -2.72. The van der Waals surface area contributed by atoms with Crippen LogP contribution in [0.1, 0.15) is 132 Å². The zero-order valence-electron chi connectivity index (χ0n) is 33.9. The third kappa shape index (κ3) is 6.39. The summed E-state index contributed by atoms with van der Waals surface area (Å²) in [7, 11) is 0. The Kier molecular flexibility index (Phi) is 10.4. The van der Waals surface area contributed by atoms with Crippen LogP contribution in [0.25, 0.3) is 0 Å². The molecule has 4 fully saturated rings. The number of esters is 1. The van der Waals surface area contributed by atoms with Gasteiger partial charge in [-0.1, -0.05) is 66.2 Å². The number of carboxylic acids is 1. The lowest BCUT2D eigenvalue weighted by Crippen LogP contribution is -2.66. The lowest BCUT2D eigenvalue weighted by molar-refractivity contribution is -0.235. The molecular formula is C45H67NO7. The van der Waals surface area contributed by atoms with Gasteiger partial charge in [-0.2, -0.15) is 0 Å². The van der Waals surface area contributed by atoms with E-state index in [1.807, 2.05) is 12.1 Å². The highest BCUT2D eigenvalue weighted by Crippen LogP contribution is 2.77. The molecule has 4 N–H and O–H groups in total. The van der Waals surface area contributed by atoms with Crippen LogP contribution in [0.2, 0.25) is 0 Å². The summed E-state index contributed by atoms with van der Waals surface area (Å²) in [4.78, 5) is 38.9. The Labute approximate surface area is 317 Å². The van der Waals surface area contributed by atoms with Gasteiger partial charge in [-0.3, -0.25) is 14.4 Å². The van der Waals surface area contributed by atoms with Gasteiger partial charge in [0.25, 0.3) is 0 Å². The highest BCUT2D eigenvalue weighted by atomic mass is 16.5. The molecule has 1 aromatic carbocycles. The first-order valence-electron chi connectivity index (χ1n) is 20.5. The number of allylic oxidation sites excluding steroid dienone is 1.